The van der Waals surface area contributed by atoms with Crippen molar-refractivity contribution in [3.05, 3.63) is 42.5 Å². The molecule has 1 amide bonds. The fourth-order valence-corrected chi connectivity index (χ4v) is 6.49. The lowest BCUT2D eigenvalue weighted by Gasteiger charge is -2.37. The Hall–Kier alpha value is -3.31. The van der Waals surface area contributed by atoms with Crippen LogP contribution in [-0.4, -0.2) is 71.2 Å². The number of anilines is 1. The van der Waals surface area contributed by atoms with E-state index in [1.54, 1.807) is 24.3 Å². The van der Waals surface area contributed by atoms with Crippen molar-refractivity contribution in [3.8, 4) is 17.2 Å². The molecule has 1 atom stereocenters. The molecule has 0 saturated heterocycles. The highest BCUT2D eigenvalue weighted by atomic mass is 32.2. The molecule has 0 aromatic heterocycles. The molecule has 0 N–H and O–H groups in total. The fourth-order valence-electron chi connectivity index (χ4n) is 4.84. The molecule has 1 aliphatic heterocycles. The molecule has 37 heavy (non-hydrogen) atoms. The third-order valence-electron chi connectivity index (χ3n) is 6.77. The van der Waals surface area contributed by atoms with Gasteiger partial charge in [-0.1, -0.05) is 31.4 Å². The molecular weight excluding hydrogens is 500 g/mol. The molecule has 4 rings (SSSR count). The number of fused-ring (bicyclic) bond motifs is 1. The van der Waals surface area contributed by atoms with Crippen molar-refractivity contribution >= 4 is 27.6 Å². The van der Waals surface area contributed by atoms with Crippen molar-refractivity contribution in [2.75, 3.05) is 39.3 Å². The van der Waals surface area contributed by atoms with E-state index in [1.807, 2.05) is 0 Å². The second-order valence-electron chi connectivity index (χ2n) is 8.96. The predicted octanol–water partition coefficient (Wildman–Crippen LogP) is 2.99. The summed E-state index contributed by atoms with van der Waals surface area (Å²) in [6.07, 6.45) is 3.07. The summed E-state index contributed by atoms with van der Waals surface area (Å²) >= 11 is 0. The Morgan fingerprint density at radius 2 is 1.70 bits per heavy atom. The van der Waals surface area contributed by atoms with Crippen LogP contribution >= 0.6 is 0 Å². The Balaban J connectivity index is 1.69. The normalized spacial score (nSPS) is 18.1. The number of benzene rings is 2. The van der Waals surface area contributed by atoms with E-state index in [2.05, 4.69) is 0 Å². The summed E-state index contributed by atoms with van der Waals surface area (Å²) in [5.74, 6) is -0.0415. The van der Waals surface area contributed by atoms with E-state index in [1.165, 1.54) is 48.7 Å². The first-order valence-electron chi connectivity index (χ1n) is 12.2. The van der Waals surface area contributed by atoms with Crippen LogP contribution in [0.25, 0.3) is 0 Å². The molecule has 2 aromatic rings. The van der Waals surface area contributed by atoms with Crippen molar-refractivity contribution in [1.82, 2.24) is 4.31 Å². The minimum absolute atomic E-state index is 0.0124. The lowest BCUT2D eigenvalue weighted by atomic mass is 9.95. The summed E-state index contributed by atoms with van der Waals surface area (Å²) in [7, 11) is 0.0802. The molecule has 2 aromatic carbocycles. The number of para-hydroxylation sites is 2. The zero-order valence-electron chi connectivity index (χ0n) is 21.2. The maximum absolute atomic E-state index is 13.9. The second-order valence-corrected chi connectivity index (χ2v) is 10.9. The van der Waals surface area contributed by atoms with Gasteiger partial charge in [0.2, 0.25) is 22.0 Å². The molecule has 0 spiro atoms. The minimum Gasteiger partial charge on any atom is -0.493 e. The van der Waals surface area contributed by atoms with Crippen LogP contribution < -0.4 is 19.1 Å². The molecule has 10 nitrogen and oxygen atoms in total. The van der Waals surface area contributed by atoms with Crippen LogP contribution in [0.3, 0.4) is 0 Å². The zero-order chi connectivity index (χ0) is 26.6. The number of esters is 1. The number of methoxy groups -OCH3 is 3. The van der Waals surface area contributed by atoms with Crippen LogP contribution in [0.5, 0.6) is 17.2 Å². The number of hydrogen-bond acceptors (Lipinski definition) is 8. The largest absolute Gasteiger partial charge is 0.493 e. The van der Waals surface area contributed by atoms with Gasteiger partial charge in [0.05, 0.1) is 45.0 Å². The van der Waals surface area contributed by atoms with E-state index in [-0.39, 0.29) is 29.8 Å². The van der Waals surface area contributed by atoms with Crippen molar-refractivity contribution in [2.24, 2.45) is 0 Å². The number of ether oxygens (including phenoxy) is 4. The molecule has 1 saturated carbocycles. The van der Waals surface area contributed by atoms with Crippen LogP contribution in [0, 0.1) is 0 Å². The minimum atomic E-state index is -4.08. The maximum atomic E-state index is 13.9. The van der Waals surface area contributed by atoms with Crippen molar-refractivity contribution in [1.29, 1.82) is 0 Å². The monoisotopic (exact) mass is 532 g/mol. The Morgan fingerprint density at radius 1 is 1.00 bits per heavy atom. The third-order valence-corrected chi connectivity index (χ3v) is 8.67. The predicted molar refractivity (Wildman–Crippen MR) is 136 cm³/mol. The van der Waals surface area contributed by atoms with Crippen LogP contribution in [0.4, 0.5) is 5.69 Å². The van der Waals surface area contributed by atoms with E-state index >= 15 is 0 Å². The van der Waals surface area contributed by atoms with Crippen LogP contribution in [0.2, 0.25) is 0 Å². The molecule has 0 unspecified atom stereocenters. The molecule has 0 bridgehead atoms. The summed E-state index contributed by atoms with van der Waals surface area (Å²) < 4.78 is 50.3. The highest BCUT2D eigenvalue weighted by Gasteiger charge is 2.39. The zero-order valence-corrected chi connectivity index (χ0v) is 22.0. The van der Waals surface area contributed by atoms with Gasteiger partial charge in [-0.15, -0.1) is 0 Å². The van der Waals surface area contributed by atoms with Gasteiger partial charge in [0.15, 0.2) is 11.5 Å². The number of nitrogens with zero attached hydrogens (tertiary/aromatic N) is 2. The molecule has 11 heteroatoms. The van der Waals surface area contributed by atoms with E-state index in [0.717, 1.165) is 19.3 Å². The molecule has 200 valence electrons. The number of carbonyl (C=O) groups excluding carboxylic acids is 2. The topological polar surface area (TPSA) is 112 Å². The number of rotatable bonds is 8. The van der Waals surface area contributed by atoms with Crippen molar-refractivity contribution in [3.63, 3.8) is 0 Å². The molecule has 1 aliphatic carbocycles. The summed E-state index contributed by atoms with van der Waals surface area (Å²) in [6.45, 7) is -0.471. The van der Waals surface area contributed by atoms with Crippen LogP contribution in [0.1, 0.15) is 32.1 Å². The molecular formula is C26H32N2O8S. The van der Waals surface area contributed by atoms with E-state index < -0.39 is 28.0 Å². The SMILES string of the molecule is COC(=O)[C@@H]1CN(C(=O)CN(C2CCCCC2)S(=O)(=O)c2ccc(OC)c(OC)c2)c2ccccc2O1. The second kappa shape index (κ2) is 11.4. The van der Waals surface area contributed by atoms with Crippen molar-refractivity contribution in [2.45, 2.75) is 49.1 Å². The molecule has 1 heterocycles. The Labute approximate surface area is 217 Å². The third kappa shape index (κ3) is 5.52. The van der Waals surface area contributed by atoms with Crippen LogP contribution in [0.15, 0.2) is 47.4 Å². The van der Waals surface area contributed by atoms with E-state index in [4.69, 9.17) is 18.9 Å². The Morgan fingerprint density at radius 3 is 2.38 bits per heavy atom. The van der Waals surface area contributed by atoms with Gasteiger partial charge in [0.1, 0.15) is 5.75 Å². The Kier molecular flexibility index (Phi) is 8.23. The quantitative estimate of drug-likeness (QED) is 0.477. The van der Waals surface area contributed by atoms with Gasteiger partial charge in [-0.2, -0.15) is 4.31 Å². The van der Waals surface area contributed by atoms with Gasteiger partial charge >= 0.3 is 5.97 Å². The smallest absolute Gasteiger partial charge is 0.348 e. The van der Waals surface area contributed by atoms with Crippen molar-refractivity contribution < 1.29 is 37.0 Å². The number of hydrogen-bond donors (Lipinski definition) is 0. The summed E-state index contributed by atoms with van der Waals surface area (Å²) in [5, 5.41) is 0. The van der Waals surface area contributed by atoms with Gasteiger partial charge in [-0.05, 0) is 37.1 Å². The Bertz CT molecular complexity index is 1240. The van der Waals surface area contributed by atoms with Gasteiger partial charge in [-0.3, -0.25) is 4.79 Å². The average Bonchev–Trinajstić information content (AvgIpc) is 2.94. The average molecular weight is 533 g/mol. The standard InChI is InChI=1S/C26H32N2O8S/c1-33-22-14-13-19(15-23(22)34-2)37(31,32)28(18-9-5-4-6-10-18)17-25(29)27-16-24(26(30)35-3)36-21-12-8-7-11-20(21)27/h7-8,11-15,18,24H,4-6,9-10,16-17H2,1-3H3/t24-/m0/s1. The van der Waals surface area contributed by atoms with E-state index in [0.29, 0.717) is 30.0 Å². The highest BCUT2D eigenvalue weighted by Crippen LogP contribution is 2.36. The number of sulfonamides is 1. The first kappa shape index (κ1) is 26.7. The molecule has 0 radical (unpaired) electrons. The highest BCUT2D eigenvalue weighted by molar-refractivity contribution is 7.89. The number of carbonyl (C=O) groups is 2. The van der Waals surface area contributed by atoms with Gasteiger partial charge in [-0.25, -0.2) is 13.2 Å². The van der Waals surface area contributed by atoms with Gasteiger partial charge in [0, 0.05) is 12.1 Å². The van der Waals surface area contributed by atoms with Gasteiger partial charge < -0.3 is 23.8 Å². The first-order chi connectivity index (χ1) is 17.8. The van der Waals surface area contributed by atoms with Gasteiger partial charge in [0.25, 0.3) is 0 Å². The molecule has 1 fully saturated rings. The summed E-state index contributed by atoms with van der Waals surface area (Å²) in [4.78, 5) is 27.4. The summed E-state index contributed by atoms with van der Waals surface area (Å²) in [6, 6.07) is 10.9. The maximum Gasteiger partial charge on any atom is 0.348 e. The van der Waals surface area contributed by atoms with Crippen LogP contribution in [-0.2, 0) is 24.3 Å². The molecule has 2 aliphatic rings. The summed E-state index contributed by atoms with van der Waals surface area (Å²) in [5.41, 5.74) is 0.472. The first-order valence-corrected chi connectivity index (χ1v) is 13.6. The number of amides is 1. The lowest BCUT2D eigenvalue weighted by Crippen LogP contribution is -2.52. The van der Waals surface area contributed by atoms with E-state index in [9.17, 15) is 18.0 Å². The fraction of sp³-hybridized carbons (Fsp3) is 0.462. The lowest BCUT2D eigenvalue weighted by molar-refractivity contribution is -0.148.